The van der Waals surface area contributed by atoms with Gasteiger partial charge >= 0.3 is 0 Å². The lowest BCUT2D eigenvalue weighted by Gasteiger charge is -1.96. The molecular weight excluding hydrogens is 216 g/mol. The van der Waals surface area contributed by atoms with Crippen molar-refractivity contribution in [3.05, 3.63) is 48.8 Å². The fourth-order valence-electron chi connectivity index (χ4n) is 1.03. The Kier molecular flexibility index (Phi) is 5.85. The lowest BCUT2D eigenvalue weighted by atomic mass is 10.2. The highest BCUT2D eigenvalue weighted by molar-refractivity contribution is 5.52. The maximum atomic E-state index is 8.11. The van der Waals surface area contributed by atoms with Gasteiger partial charge in [-0.05, 0) is 31.2 Å². The van der Waals surface area contributed by atoms with E-state index in [0.29, 0.717) is 0 Å². The van der Waals surface area contributed by atoms with Gasteiger partial charge in [-0.1, -0.05) is 12.1 Å². The number of aliphatic hydroxyl groups excluding tert-OH is 2. The summed E-state index contributed by atoms with van der Waals surface area (Å²) in [7, 11) is 0. The van der Waals surface area contributed by atoms with Crippen molar-refractivity contribution < 1.29 is 10.2 Å². The summed E-state index contributed by atoms with van der Waals surface area (Å²) in [4.78, 5) is 8.37. The van der Waals surface area contributed by atoms with Crippen molar-refractivity contribution in [1.82, 2.24) is 9.97 Å². The van der Waals surface area contributed by atoms with Gasteiger partial charge in [0.1, 0.15) is 0 Å². The smallest absolute Gasteiger partial charge is 0.0886 e. The van der Waals surface area contributed by atoms with E-state index in [9.17, 15) is 0 Å². The summed E-state index contributed by atoms with van der Waals surface area (Å²) >= 11 is 0. The molecule has 0 saturated heterocycles. The lowest BCUT2D eigenvalue weighted by molar-refractivity contribution is 0.110. The fraction of sp³-hybridized carbons (Fsp3) is 0.231. The summed E-state index contributed by atoms with van der Waals surface area (Å²) in [6, 6.07) is 11.6. The van der Waals surface area contributed by atoms with Gasteiger partial charge in [0.25, 0.3) is 0 Å². The molecule has 0 bridgehead atoms. The predicted octanol–water partition coefficient (Wildman–Crippen LogP) is 1.50. The molecule has 2 rings (SSSR count). The van der Waals surface area contributed by atoms with Crippen LogP contribution in [0.4, 0.5) is 0 Å². The van der Waals surface area contributed by atoms with Gasteiger partial charge in [0.05, 0.1) is 24.1 Å². The highest BCUT2D eigenvalue weighted by Crippen LogP contribution is 2.10. The number of aromatic nitrogens is 2. The Hall–Kier alpha value is -1.78. The zero-order valence-corrected chi connectivity index (χ0v) is 9.69. The number of rotatable bonds is 2. The number of hydrogen-bond acceptors (Lipinski definition) is 4. The van der Waals surface area contributed by atoms with Crippen molar-refractivity contribution >= 4 is 0 Å². The van der Waals surface area contributed by atoms with Crippen LogP contribution in [0.15, 0.2) is 48.8 Å². The Balaban J connectivity index is 0.000000249. The Labute approximate surface area is 101 Å². The van der Waals surface area contributed by atoms with Gasteiger partial charge < -0.3 is 10.2 Å². The summed E-state index contributed by atoms with van der Waals surface area (Å²) < 4.78 is 0. The lowest BCUT2D eigenvalue weighted by Crippen LogP contribution is -2.03. The third-order valence-corrected chi connectivity index (χ3v) is 1.86. The van der Waals surface area contributed by atoms with Crippen LogP contribution in [-0.4, -0.2) is 32.9 Å². The maximum absolute atomic E-state index is 8.11. The molecule has 90 valence electrons. The van der Waals surface area contributed by atoms with Gasteiger partial charge in [0, 0.05) is 12.4 Å². The molecule has 17 heavy (non-hydrogen) atoms. The maximum Gasteiger partial charge on any atom is 0.0886 e. The highest BCUT2D eigenvalue weighted by atomic mass is 16.3. The second-order valence-electron chi connectivity index (χ2n) is 3.46. The van der Waals surface area contributed by atoms with Crippen LogP contribution >= 0.6 is 0 Å². The topological polar surface area (TPSA) is 66.2 Å². The van der Waals surface area contributed by atoms with E-state index in [4.69, 9.17) is 10.2 Å². The number of hydrogen-bond donors (Lipinski definition) is 2. The van der Waals surface area contributed by atoms with E-state index in [1.807, 2.05) is 36.4 Å². The minimum Gasteiger partial charge on any atom is -0.394 e. The van der Waals surface area contributed by atoms with E-state index in [0.717, 1.165) is 11.4 Å². The van der Waals surface area contributed by atoms with Crippen molar-refractivity contribution in [2.24, 2.45) is 0 Å². The minimum absolute atomic E-state index is 0.139. The van der Waals surface area contributed by atoms with Gasteiger partial charge in [-0.3, -0.25) is 9.97 Å². The molecule has 2 aromatic rings. The molecule has 0 saturated carbocycles. The molecule has 2 heterocycles. The van der Waals surface area contributed by atoms with Crippen LogP contribution in [0.5, 0.6) is 0 Å². The highest BCUT2D eigenvalue weighted by Gasteiger charge is 1.95. The van der Waals surface area contributed by atoms with Crippen LogP contribution < -0.4 is 0 Å². The largest absolute Gasteiger partial charge is 0.394 e. The van der Waals surface area contributed by atoms with E-state index >= 15 is 0 Å². The standard InChI is InChI=1S/C10H8N2.C3H8O2/c1-3-7-11-9(5-1)10-6-2-4-8-12-10;1-3(5)2-4/h1-8H;3-5H,2H2,1H3. The molecule has 0 aliphatic carbocycles. The van der Waals surface area contributed by atoms with Crippen LogP contribution in [0.2, 0.25) is 0 Å². The molecule has 0 aliphatic rings. The summed E-state index contributed by atoms with van der Waals surface area (Å²) in [6.07, 6.45) is 2.98. The Bertz CT molecular complexity index is 367. The summed E-state index contributed by atoms with van der Waals surface area (Å²) in [5, 5.41) is 16.0. The van der Waals surface area contributed by atoms with Gasteiger partial charge in [-0.2, -0.15) is 0 Å². The summed E-state index contributed by atoms with van der Waals surface area (Å²) in [6.45, 7) is 1.39. The molecule has 0 fully saturated rings. The third kappa shape index (κ3) is 5.19. The first-order chi connectivity index (χ1) is 8.24. The normalized spacial score (nSPS) is 11.2. The average Bonchev–Trinajstić information content (AvgIpc) is 2.41. The van der Waals surface area contributed by atoms with E-state index < -0.39 is 6.10 Å². The van der Waals surface area contributed by atoms with E-state index in [-0.39, 0.29) is 6.61 Å². The van der Waals surface area contributed by atoms with Crippen molar-refractivity contribution in [1.29, 1.82) is 0 Å². The van der Waals surface area contributed by atoms with Crippen molar-refractivity contribution in [3.63, 3.8) is 0 Å². The Morgan fingerprint density at radius 2 is 1.41 bits per heavy atom. The monoisotopic (exact) mass is 232 g/mol. The molecule has 0 radical (unpaired) electrons. The van der Waals surface area contributed by atoms with Gasteiger partial charge in [-0.25, -0.2) is 0 Å². The Morgan fingerprint density at radius 3 is 1.65 bits per heavy atom. The summed E-state index contributed by atoms with van der Waals surface area (Å²) in [5.74, 6) is 0. The molecule has 2 aromatic heterocycles. The average molecular weight is 232 g/mol. The van der Waals surface area contributed by atoms with Crippen LogP contribution in [0.1, 0.15) is 6.92 Å². The van der Waals surface area contributed by atoms with Crippen LogP contribution in [-0.2, 0) is 0 Å². The molecule has 1 unspecified atom stereocenters. The first-order valence-electron chi connectivity index (χ1n) is 5.35. The number of aliphatic hydroxyl groups is 2. The van der Waals surface area contributed by atoms with Crippen molar-refractivity contribution in [2.45, 2.75) is 13.0 Å². The van der Waals surface area contributed by atoms with Gasteiger partial charge in [0.15, 0.2) is 0 Å². The third-order valence-electron chi connectivity index (χ3n) is 1.86. The molecule has 0 spiro atoms. The van der Waals surface area contributed by atoms with E-state index in [1.54, 1.807) is 12.4 Å². The molecule has 4 nitrogen and oxygen atoms in total. The molecule has 2 N–H and O–H groups in total. The molecule has 0 amide bonds. The fourth-order valence-corrected chi connectivity index (χ4v) is 1.03. The van der Waals surface area contributed by atoms with Gasteiger partial charge in [0.2, 0.25) is 0 Å². The van der Waals surface area contributed by atoms with E-state index in [1.165, 1.54) is 6.92 Å². The first-order valence-corrected chi connectivity index (χ1v) is 5.35. The molecule has 1 atom stereocenters. The minimum atomic E-state index is -0.560. The summed E-state index contributed by atoms with van der Waals surface area (Å²) in [5.41, 5.74) is 1.83. The molecule has 0 aliphatic heterocycles. The predicted molar refractivity (Wildman–Crippen MR) is 66.2 cm³/mol. The second-order valence-corrected chi connectivity index (χ2v) is 3.46. The second kappa shape index (κ2) is 7.49. The zero-order valence-electron chi connectivity index (χ0n) is 9.69. The first kappa shape index (κ1) is 13.3. The quantitative estimate of drug-likeness (QED) is 0.823. The van der Waals surface area contributed by atoms with Crippen molar-refractivity contribution in [2.75, 3.05) is 6.61 Å². The zero-order chi connectivity index (χ0) is 12.5. The molecule has 4 heteroatoms. The van der Waals surface area contributed by atoms with Crippen LogP contribution in [0, 0.1) is 0 Å². The number of pyridine rings is 2. The van der Waals surface area contributed by atoms with Crippen LogP contribution in [0.3, 0.4) is 0 Å². The Morgan fingerprint density at radius 1 is 1.00 bits per heavy atom. The van der Waals surface area contributed by atoms with E-state index in [2.05, 4.69) is 9.97 Å². The molecular formula is C13H16N2O2. The van der Waals surface area contributed by atoms with Gasteiger partial charge in [-0.15, -0.1) is 0 Å². The molecule has 0 aromatic carbocycles. The van der Waals surface area contributed by atoms with Crippen LogP contribution in [0.25, 0.3) is 11.4 Å². The van der Waals surface area contributed by atoms with Crippen molar-refractivity contribution in [3.8, 4) is 11.4 Å². The SMILES string of the molecule is CC(O)CO.c1ccc(-c2ccccn2)nc1. The number of nitrogens with zero attached hydrogens (tertiary/aromatic N) is 2.